The predicted octanol–water partition coefficient (Wildman–Crippen LogP) is 9.48. The number of aromatic nitrogens is 1. The number of aryl methyl sites for hydroxylation is 2. The van der Waals surface area contributed by atoms with Crippen molar-refractivity contribution in [1.29, 1.82) is 0 Å². The molecule has 1 aromatic heterocycles. The first-order chi connectivity index (χ1) is 17.9. The number of aliphatic hydroxyl groups is 1. The minimum absolute atomic E-state index is 0. The van der Waals surface area contributed by atoms with Crippen molar-refractivity contribution < 1.29 is 30.0 Å². The van der Waals surface area contributed by atoms with E-state index in [1.54, 1.807) is 0 Å². The van der Waals surface area contributed by atoms with E-state index >= 15 is 0 Å². The molecule has 0 fully saturated rings. The second-order valence-corrected chi connectivity index (χ2v) is 13.7. The van der Waals surface area contributed by atoms with E-state index in [1.165, 1.54) is 38.7 Å². The number of fused-ring (bicyclic) bond motifs is 3. The number of hydrogen-bond donors (Lipinski definition) is 1. The number of carbonyl (C=O) groups is 1. The van der Waals surface area contributed by atoms with E-state index in [1.807, 2.05) is 47.7 Å². The van der Waals surface area contributed by atoms with Crippen molar-refractivity contribution in [3.8, 4) is 11.3 Å². The van der Waals surface area contributed by atoms with Gasteiger partial charge in [-0.1, -0.05) is 106 Å². The number of carbonyl (C=O) groups excluding carboxylic acids is 1. The van der Waals surface area contributed by atoms with E-state index in [4.69, 9.17) is 4.98 Å². The maximum atomic E-state index is 11.5. The zero-order valence-electron chi connectivity index (χ0n) is 26.5. The van der Waals surface area contributed by atoms with Gasteiger partial charge in [0.25, 0.3) is 0 Å². The molecule has 0 saturated carbocycles. The number of benzene rings is 3. The molecule has 4 rings (SSSR count). The molecule has 41 heavy (non-hydrogen) atoms. The summed E-state index contributed by atoms with van der Waals surface area (Å²) in [6.45, 7) is 22.1. The molecule has 0 aliphatic heterocycles. The van der Waals surface area contributed by atoms with Gasteiger partial charge in [-0.05, 0) is 44.3 Å². The summed E-state index contributed by atoms with van der Waals surface area (Å²) in [5.74, 6) is 0.104. The second kappa shape index (κ2) is 13.5. The van der Waals surface area contributed by atoms with Gasteiger partial charge in [-0.25, -0.2) is 0 Å². The van der Waals surface area contributed by atoms with Crippen LogP contribution in [0.1, 0.15) is 79.0 Å². The van der Waals surface area contributed by atoms with Crippen LogP contribution < -0.4 is 0 Å². The molecule has 0 aliphatic carbocycles. The quantitative estimate of drug-likeness (QED) is 0.0737. The van der Waals surface area contributed by atoms with Gasteiger partial charge in [0.2, 0.25) is 0 Å². The molecule has 0 aliphatic rings. The van der Waals surface area contributed by atoms with Crippen molar-refractivity contribution in [1.82, 2.24) is 4.98 Å². The van der Waals surface area contributed by atoms with E-state index in [9.17, 15) is 9.90 Å². The fourth-order valence-corrected chi connectivity index (χ4v) is 4.26. The second-order valence-electron chi connectivity index (χ2n) is 13.7. The monoisotopic (exact) mass is 726 g/mol. The van der Waals surface area contributed by atoms with Crippen molar-refractivity contribution in [2.24, 2.45) is 10.8 Å². The maximum absolute atomic E-state index is 11.5. The molecule has 3 aromatic carbocycles. The Bertz CT molecular complexity index is 1530. The Hall–Kier alpha value is -2.75. The van der Waals surface area contributed by atoms with Gasteiger partial charge >= 0.3 is 0 Å². The van der Waals surface area contributed by atoms with Crippen LogP contribution in [0.4, 0.5) is 0 Å². The van der Waals surface area contributed by atoms with Crippen molar-refractivity contribution in [2.45, 2.75) is 81.6 Å². The number of hydrogen-bond acceptors (Lipinski definition) is 3. The Kier molecular flexibility index (Phi) is 11.9. The Labute approximate surface area is 262 Å². The summed E-state index contributed by atoms with van der Waals surface area (Å²) in [6.07, 6.45) is 3.25. The molecule has 218 valence electrons. The van der Waals surface area contributed by atoms with E-state index in [0.29, 0.717) is 0 Å². The fourth-order valence-electron chi connectivity index (χ4n) is 4.26. The van der Waals surface area contributed by atoms with Crippen molar-refractivity contribution in [3.63, 3.8) is 0 Å². The average Bonchev–Trinajstić information content (AvgIpc) is 2.81. The Morgan fingerprint density at radius 3 is 1.95 bits per heavy atom. The standard InChI is InChI=1S/C25H24N.C11H20O2.B.Ir/c1-16-12-17(2)14-19(13-16)24-23-8-6-18-15-20(25(3,4)5)7-9-21(18)22(23)10-11-26-24;1-10(2,3)8(12)7-9(13)11(4,5)6;;/h6-13,15H,1-5H3;7,12H,1-6H3;;/q-1;;;. The van der Waals surface area contributed by atoms with Gasteiger partial charge in [-0.2, -0.15) is 0 Å². The van der Waals surface area contributed by atoms with E-state index < -0.39 is 5.41 Å². The number of allylic oxidation sites excluding steroid dienone is 2. The van der Waals surface area contributed by atoms with Crippen LogP contribution in [0.2, 0.25) is 0 Å². The SMILES string of the molecule is CC(C)(C)C(=O)C=C(O)C(C)(C)C.Cc1[c-]c(-c2nccc3c2ccc2cc(C(C)(C)C)ccc23)cc(C)c1.[B].[Ir]. The summed E-state index contributed by atoms with van der Waals surface area (Å²) in [5, 5.41) is 14.6. The third-order valence-electron chi connectivity index (χ3n) is 6.81. The summed E-state index contributed by atoms with van der Waals surface area (Å²) < 4.78 is 0. The molecule has 4 radical (unpaired) electrons. The molecule has 0 saturated heterocycles. The third kappa shape index (κ3) is 9.12. The molecular formula is C36H44BIrNO2-. The number of nitrogens with zero attached hydrogens (tertiary/aromatic N) is 1. The summed E-state index contributed by atoms with van der Waals surface area (Å²) in [5.41, 5.74) is 5.22. The van der Waals surface area contributed by atoms with Gasteiger partial charge in [0.15, 0.2) is 5.78 Å². The van der Waals surface area contributed by atoms with Crippen molar-refractivity contribution >= 4 is 35.7 Å². The Balaban J connectivity index is 0.000000484. The van der Waals surface area contributed by atoms with E-state index in [2.05, 4.69) is 89.2 Å². The van der Waals surface area contributed by atoms with E-state index in [-0.39, 0.29) is 50.9 Å². The first kappa shape index (κ1) is 36.3. The molecule has 4 aromatic rings. The van der Waals surface area contributed by atoms with E-state index in [0.717, 1.165) is 16.8 Å². The van der Waals surface area contributed by atoms with Crippen LogP contribution in [0.25, 0.3) is 32.8 Å². The predicted molar refractivity (Wildman–Crippen MR) is 172 cm³/mol. The maximum Gasteiger partial charge on any atom is 0.164 e. The van der Waals surface area contributed by atoms with Crippen LogP contribution >= 0.6 is 0 Å². The average molecular weight is 726 g/mol. The Morgan fingerprint density at radius 1 is 0.805 bits per heavy atom. The van der Waals surface area contributed by atoms with Crippen molar-refractivity contribution in [3.05, 3.63) is 89.3 Å². The number of rotatable bonds is 2. The van der Waals surface area contributed by atoms with Crippen LogP contribution in [-0.4, -0.2) is 24.3 Å². The van der Waals surface area contributed by atoms with Crippen LogP contribution in [0.5, 0.6) is 0 Å². The molecule has 1 N–H and O–H groups in total. The normalized spacial score (nSPS) is 12.2. The molecule has 0 unspecified atom stereocenters. The minimum atomic E-state index is -0.417. The minimum Gasteiger partial charge on any atom is -0.512 e. The van der Waals surface area contributed by atoms with Gasteiger partial charge in [0.1, 0.15) is 5.76 Å². The molecule has 0 amide bonds. The largest absolute Gasteiger partial charge is 0.512 e. The first-order valence-corrected chi connectivity index (χ1v) is 13.7. The molecule has 1 heterocycles. The number of ketones is 1. The molecule has 3 nitrogen and oxygen atoms in total. The van der Waals surface area contributed by atoms with Crippen LogP contribution in [0.15, 0.2) is 66.6 Å². The Morgan fingerprint density at radius 2 is 1.41 bits per heavy atom. The summed E-state index contributed by atoms with van der Waals surface area (Å²) in [4.78, 5) is 16.2. The topological polar surface area (TPSA) is 50.2 Å². The third-order valence-corrected chi connectivity index (χ3v) is 6.81. The number of pyridine rings is 1. The summed E-state index contributed by atoms with van der Waals surface area (Å²) in [7, 11) is 0. The van der Waals surface area contributed by atoms with Crippen LogP contribution in [-0.2, 0) is 30.3 Å². The van der Waals surface area contributed by atoms with Crippen LogP contribution in [0, 0.1) is 30.7 Å². The smallest absolute Gasteiger partial charge is 0.164 e. The molecule has 0 bridgehead atoms. The molecular weight excluding hydrogens is 681 g/mol. The van der Waals surface area contributed by atoms with Gasteiger partial charge < -0.3 is 10.1 Å². The summed E-state index contributed by atoms with van der Waals surface area (Å²) >= 11 is 0. The van der Waals surface area contributed by atoms with Gasteiger partial charge in [-0.15, -0.1) is 34.9 Å². The summed E-state index contributed by atoms with van der Waals surface area (Å²) in [6, 6.07) is 21.2. The molecule has 0 atom stereocenters. The van der Waals surface area contributed by atoms with Gasteiger partial charge in [0.05, 0.1) is 0 Å². The first-order valence-electron chi connectivity index (χ1n) is 13.7. The van der Waals surface area contributed by atoms with Gasteiger partial charge in [0, 0.05) is 51.6 Å². The van der Waals surface area contributed by atoms with Crippen LogP contribution in [0.3, 0.4) is 0 Å². The van der Waals surface area contributed by atoms with Crippen molar-refractivity contribution in [2.75, 3.05) is 0 Å². The number of aliphatic hydroxyl groups excluding tert-OH is 1. The zero-order valence-corrected chi connectivity index (χ0v) is 28.9. The zero-order chi connectivity index (χ0) is 29.3. The molecule has 5 heteroatoms. The van der Waals surface area contributed by atoms with Gasteiger partial charge in [-0.3, -0.25) is 4.79 Å². The fraction of sp³-hybridized carbons (Fsp3) is 0.389. The molecule has 0 spiro atoms.